The molecule has 0 saturated heterocycles. The summed E-state index contributed by atoms with van der Waals surface area (Å²) in [5.74, 6) is -0.119. The first-order valence-corrected chi connectivity index (χ1v) is 7.02. The van der Waals surface area contributed by atoms with E-state index >= 15 is 0 Å². The predicted molar refractivity (Wildman–Crippen MR) is 84.8 cm³/mol. The summed E-state index contributed by atoms with van der Waals surface area (Å²) in [5, 5.41) is 20.0. The fourth-order valence-electron chi connectivity index (χ4n) is 2.40. The maximum atomic E-state index is 12.1. The number of aromatic nitrogens is 1. The molecule has 0 saturated carbocycles. The van der Waals surface area contributed by atoms with E-state index in [9.17, 15) is 20.2 Å². The number of Topliss-reactive ketones (excluding diaryl/α,β-unsaturated/α-hetero) is 1. The highest BCUT2D eigenvalue weighted by molar-refractivity contribution is 5.96. The van der Waals surface area contributed by atoms with Crippen LogP contribution in [0.2, 0.25) is 0 Å². The van der Waals surface area contributed by atoms with Crippen LogP contribution in [-0.2, 0) is 4.79 Å². The van der Waals surface area contributed by atoms with Crippen LogP contribution in [0.25, 0.3) is 0 Å². The minimum atomic E-state index is -0.562. The van der Waals surface area contributed by atoms with Crippen LogP contribution in [0.1, 0.15) is 30.6 Å². The second kappa shape index (κ2) is 6.71. The molecule has 0 aliphatic rings. The van der Waals surface area contributed by atoms with Gasteiger partial charge in [-0.05, 0) is 29.8 Å². The highest BCUT2D eigenvalue weighted by atomic mass is 16.6. The average Bonchev–Trinajstić information content (AvgIpc) is 3.02. The van der Waals surface area contributed by atoms with Crippen LogP contribution in [0.5, 0.6) is 0 Å². The van der Waals surface area contributed by atoms with Gasteiger partial charge in [0.25, 0.3) is 5.69 Å². The fourth-order valence-corrected chi connectivity index (χ4v) is 2.40. The number of hydrogen-bond donors (Lipinski definition) is 0. The van der Waals surface area contributed by atoms with Crippen molar-refractivity contribution in [2.45, 2.75) is 19.4 Å². The molecule has 0 radical (unpaired) electrons. The Morgan fingerprint density at radius 3 is 2.57 bits per heavy atom. The van der Waals surface area contributed by atoms with E-state index in [1.807, 2.05) is 0 Å². The van der Waals surface area contributed by atoms with Crippen molar-refractivity contribution in [2.75, 3.05) is 0 Å². The molecule has 23 heavy (non-hydrogen) atoms. The van der Waals surface area contributed by atoms with Crippen LogP contribution >= 0.6 is 0 Å². The minimum absolute atomic E-state index is 0.0343. The third-order valence-electron chi connectivity index (χ3n) is 3.60. The first-order valence-electron chi connectivity index (χ1n) is 7.02. The Hall–Kier alpha value is -3.20. The Morgan fingerprint density at radius 1 is 1.39 bits per heavy atom. The Labute approximate surface area is 133 Å². The number of non-ortho nitro benzene ring substituents is 1. The van der Waals surface area contributed by atoms with Gasteiger partial charge < -0.3 is 4.57 Å². The molecule has 0 fully saturated rings. The fraction of sp³-hybridized carbons (Fsp3) is 0.176. The molecule has 0 amide bonds. The molecule has 1 aromatic carbocycles. The Kier molecular flexibility index (Phi) is 4.72. The molecule has 2 rings (SSSR count). The predicted octanol–water partition coefficient (Wildman–Crippen LogP) is 3.39. The highest BCUT2D eigenvalue weighted by Crippen LogP contribution is 2.29. The number of rotatable bonds is 6. The van der Waals surface area contributed by atoms with Gasteiger partial charge in [0.2, 0.25) is 0 Å². The lowest BCUT2D eigenvalue weighted by atomic mass is 9.95. The molecule has 1 atom stereocenters. The molecule has 0 N–H and O–H groups in total. The molecule has 2 aromatic rings. The molecule has 0 spiro atoms. The van der Waals surface area contributed by atoms with Gasteiger partial charge >= 0.3 is 0 Å². The molecule has 0 aliphatic carbocycles. The molecule has 0 bridgehead atoms. The van der Waals surface area contributed by atoms with E-state index in [0.717, 1.165) is 0 Å². The first-order chi connectivity index (χ1) is 11.0. The van der Waals surface area contributed by atoms with Gasteiger partial charge in [0.05, 0.1) is 11.0 Å². The SMILES string of the molecule is C=C(C(=O)CC)[C@@H](c1ccc([N+](=O)[O-])cc1)n1cccc1C#N. The number of nitro groups is 1. The molecular weight excluding hydrogens is 294 g/mol. The van der Waals surface area contributed by atoms with Crippen molar-refractivity contribution in [3.8, 4) is 6.07 Å². The number of carbonyl (C=O) groups excluding carboxylic acids is 1. The zero-order valence-electron chi connectivity index (χ0n) is 12.6. The summed E-state index contributed by atoms with van der Waals surface area (Å²) in [7, 11) is 0. The normalized spacial score (nSPS) is 11.5. The van der Waals surface area contributed by atoms with Gasteiger partial charge in [-0.25, -0.2) is 0 Å². The molecule has 1 aromatic heterocycles. The van der Waals surface area contributed by atoms with E-state index in [2.05, 4.69) is 12.6 Å². The third-order valence-corrected chi connectivity index (χ3v) is 3.60. The van der Waals surface area contributed by atoms with Crippen molar-refractivity contribution in [1.29, 1.82) is 5.26 Å². The van der Waals surface area contributed by atoms with Gasteiger partial charge in [-0.3, -0.25) is 14.9 Å². The number of nitrogens with zero attached hydrogens (tertiary/aromatic N) is 3. The molecular formula is C17H15N3O3. The summed E-state index contributed by atoms with van der Waals surface area (Å²) in [5.41, 5.74) is 1.36. The zero-order chi connectivity index (χ0) is 17.0. The van der Waals surface area contributed by atoms with Crippen molar-refractivity contribution in [3.63, 3.8) is 0 Å². The van der Waals surface area contributed by atoms with E-state index < -0.39 is 11.0 Å². The maximum Gasteiger partial charge on any atom is 0.269 e. The standard InChI is InChI=1S/C17H15N3O3/c1-3-16(21)12(2)17(19-10-4-5-15(19)11-18)13-6-8-14(9-7-13)20(22)23/h4-10,17H,2-3H2,1H3/t17-/m0/s1. The van der Waals surface area contributed by atoms with Gasteiger partial charge in [0, 0.05) is 30.3 Å². The van der Waals surface area contributed by atoms with E-state index in [0.29, 0.717) is 23.3 Å². The largest absolute Gasteiger partial charge is 0.328 e. The zero-order valence-corrected chi connectivity index (χ0v) is 12.6. The topological polar surface area (TPSA) is 88.9 Å². The van der Waals surface area contributed by atoms with E-state index in [-0.39, 0.29) is 11.5 Å². The van der Waals surface area contributed by atoms with Gasteiger partial charge in [0.1, 0.15) is 11.8 Å². The molecule has 1 heterocycles. The highest BCUT2D eigenvalue weighted by Gasteiger charge is 2.23. The van der Waals surface area contributed by atoms with Crippen LogP contribution < -0.4 is 0 Å². The van der Waals surface area contributed by atoms with Crippen LogP contribution in [0.15, 0.2) is 54.7 Å². The van der Waals surface area contributed by atoms with Crippen LogP contribution in [0.3, 0.4) is 0 Å². The van der Waals surface area contributed by atoms with Gasteiger partial charge in [-0.1, -0.05) is 13.5 Å². The first kappa shape index (κ1) is 16.2. The summed E-state index contributed by atoms with van der Waals surface area (Å²) in [6.07, 6.45) is 1.99. The van der Waals surface area contributed by atoms with Crippen LogP contribution in [-0.4, -0.2) is 15.3 Å². The molecule has 116 valence electrons. The van der Waals surface area contributed by atoms with Crippen LogP contribution in [0, 0.1) is 21.4 Å². The lowest BCUT2D eigenvalue weighted by Gasteiger charge is -2.22. The third kappa shape index (κ3) is 3.19. The number of nitro benzene ring substituents is 1. The Morgan fingerprint density at radius 2 is 2.04 bits per heavy atom. The quantitative estimate of drug-likeness (QED) is 0.464. The van der Waals surface area contributed by atoms with Gasteiger partial charge in [-0.15, -0.1) is 0 Å². The van der Waals surface area contributed by atoms with Crippen molar-refractivity contribution >= 4 is 11.5 Å². The van der Waals surface area contributed by atoms with Gasteiger partial charge in [0.15, 0.2) is 5.78 Å². The second-order valence-electron chi connectivity index (χ2n) is 4.97. The number of carbonyl (C=O) groups is 1. The minimum Gasteiger partial charge on any atom is -0.328 e. The maximum absolute atomic E-state index is 12.1. The average molecular weight is 309 g/mol. The lowest BCUT2D eigenvalue weighted by Crippen LogP contribution is -2.18. The summed E-state index contributed by atoms with van der Waals surface area (Å²) in [4.78, 5) is 22.4. The van der Waals surface area contributed by atoms with Crippen molar-refractivity contribution < 1.29 is 9.72 Å². The number of ketones is 1. The number of allylic oxidation sites excluding steroid dienone is 1. The summed E-state index contributed by atoms with van der Waals surface area (Å²) in [6.45, 7) is 5.61. The Balaban J connectivity index is 2.54. The summed E-state index contributed by atoms with van der Waals surface area (Å²) < 4.78 is 1.65. The van der Waals surface area contributed by atoms with Crippen molar-refractivity contribution in [3.05, 3.63) is 76.1 Å². The number of nitriles is 1. The monoisotopic (exact) mass is 309 g/mol. The number of hydrogen-bond acceptors (Lipinski definition) is 4. The molecule has 6 heteroatoms. The summed E-state index contributed by atoms with van der Waals surface area (Å²) in [6, 6.07) is 10.8. The molecule has 6 nitrogen and oxygen atoms in total. The lowest BCUT2D eigenvalue weighted by molar-refractivity contribution is -0.384. The summed E-state index contributed by atoms with van der Waals surface area (Å²) >= 11 is 0. The van der Waals surface area contributed by atoms with Crippen molar-refractivity contribution in [1.82, 2.24) is 4.57 Å². The van der Waals surface area contributed by atoms with Crippen LogP contribution in [0.4, 0.5) is 5.69 Å². The van der Waals surface area contributed by atoms with E-state index in [1.54, 1.807) is 42.0 Å². The second-order valence-corrected chi connectivity index (χ2v) is 4.97. The van der Waals surface area contributed by atoms with E-state index in [4.69, 9.17) is 0 Å². The van der Waals surface area contributed by atoms with Gasteiger partial charge in [-0.2, -0.15) is 5.26 Å². The number of benzene rings is 1. The van der Waals surface area contributed by atoms with E-state index in [1.165, 1.54) is 12.1 Å². The molecule has 0 unspecified atom stereocenters. The molecule has 0 aliphatic heterocycles. The smallest absolute Gasteiger partial charge is 0.269 e. The van der Waals surface area contributed by atoms with Crippen molar-refractivity contribution in [2.24, 2.45) is 0 Å². The Bertz CT molecular complexity index is 797.